The predicted octanol–water partition coefficient (Wildman–Crippen LogP) is 2.74. The minimum absolute atomic E-state index is 0.153. The highest BCUT2D eigenvalue weighted by atomic mass is 16.6. The Hall–Kier alpha value is -2.97. The Morgan fingerprint density at radius 1 is 1.13 bits per heavy atom. The number of carbonyl (C=O) groups excluding carboxylic acids is 3. The summed E-state index contributed by atoms with van der Waals surface area (Å²) in [4.78, 5) is 50.2. The number of piperidine rings is 1. The van der Waals surface area contributed by atoms with E-state index in [1.54, 1.807) is 32.0 Å². The molecule has 3 rings (SSSR count). The van der Waals surface area contributed by atoms with Gasteiger partial charge in [-0.3, -0.25) is 24.5 Å². The number of amides is 2. The molecule has 1 aliphatic carbocycles. The summed E-state index contributed by atoms with van der Waals surface area (Å²) >= 11 is 0. The SMILES string of the molecule is CC(C)OC(=O)CC(NC(=O)C1CCN(C(=O)C2CC2)CC1)c1ccccc1[N+](=O)[O-]. The maximum atomic E-state index is 13.0. The maximum Gasteiger partial charge on any atom is 0.308 e. The summed E-state index contributed by atoms with van der Waals surface area (Å²) in [5, 5.41) is 14.3. The van der Waals surface area contributed by atoms with E-state index in [0.717, 1.165) is 12.8 Å². The fourth-order valence-corrected chi connectivity index (χ4v) is 3.90. The lowest BCUT2D eigenvalue weighted by molar-refractivity contribution is -0.385. The van der Waals surface area contributed by atoms with Gasteiger partial charge in [-0.1, -0.05) is 18.2 Å². The molecule has 168 valence electrons. The number of nitro groups is 1. The number of nitrogens with one attached hydrogen (secondary N) is 1. The smallest absolute Gasteiger partial charge is 0.308 e. The van der Waals surface area contributed by atoms with Gasteiger partial charge in [-0.15, -0.1) is 0 Å². The van der Waals surface area contributed by atoms with Gasteiger partial charge in [-0.05, 0) is 39.5 Å². The highest BCUT2D eigenvalue weighted by Crippen LogP contribution is 2.33. The number of rotatable bonds is 8. The standard InChI is InChI=1S/C22H29N3O6/c1-14(2)31-20(26)13-18(17-5-3-4-6-19(17)25(29)30)23-21(27)15-9-11-24(12-10-15)22(28)16-7-8-16/h3-6,14-16,18H,7-13H2,1-2H3,(H,23,27). The first kappa shape index (κ1) is 22.7. The van der Waals surface area contributed by atoms with Crippen molar-refractivity contribution in [2.45, 2.75) is 58.1 Å². The van der Waals surface area contributed by atoms with Crippen LogP contribution in [0.4, 0.5) is 5.69 Å². The second kappa shape index (κ2) is 9.89. The zero-order valence-corrected chi connectivity index (χ0v) is 17.9. The molecular formula is C22H29N3O6. The van der Waals surface area contributed by atoms with Crippen LogP contribution < -0.4 is 5.32 Å². The van der Waals surface area contributed by atoms with E-state index in [0.29, 0.717) is 25.9 Å². The second-order valence-corrected chi connectivity index (χ2v) is 8.49. The molecule has 1 atom stereocenters. The molecule has 2 amide bonds. The third-order valence-electron chi connectivity index (χ3n) is 5.67. The van der Waals surface area contributed by atoms with Gasteiger partial charge in [0.1, 0.15) is 0 Å². The van der Waals surface area contributed by atoms with Gasteiger partial charge in [0.2, 0.25) is 11.8 Å². The van der Waals surface area contributed by atoms with E-state index in [2.05, 4.69) is 5.32 Å². The van der Waals surface area contributed by atoms with Crippen LogP contribution in [0.25, 0.3) is 0 Å². The summed E-state index contributed by atoms with van der Waals surface area (Å²) in [5.74, 6) is -0.787. The number of benzene rings is 1. The molecule has 2 fully saturated rings. The molecule has 1 N–H and O–H groups in total. The van der Waals surface area contributed by atoms with Crippen LogP contribution in [0, 0.1) is 22.0 Å². The normalized spacial score (nSPS) is 17.8. The van der Waals surface area contributed by atoms with Gasteiger partial charge < -0.3 is 15.0 Å². The number of nitrogens with zero attached hydrogens (tertiary/aromatic N) is 2. The van der Waals surface area contributed by atoms with Crippen LogP contribution in [0.5, 0.6) is 0 Å². The van der Waals surface area contributed by atoms with E-state index >= 15 is 0 Å². The van der Waals surface area contributed by atoms with E-state index in [4.69, 9.17) is 4.74 Å². The number of nitro benzene ring substituents is 1. The molecule has 0 spiro atoms. The molecule has 1 aromatic rings. The van der Waals surface area contributed by atoms with Crippen molar-refractivity contribution in [1.82, 2.24) is 10.2 Å². The van der Waals surface area contributed by atoms with Crippen molar-refractivity contribution < 1.29 is 24.0 Å². The number of ether oxygens (including phenoxy) is 1. The van der Waals surface area contributed by atoms with Crippen molar-refractivity contribution in [1.29, 1.82) is 0 Å². The lowest BCUT2D eigenvalue weighted by atomic mass is 9.94. The minimum Gasteiger partial charge on any atom is -0.463 e. The molecule has 0 bridgehead atoms. The Balaban J connectivity index is 1.69. The zero-order valence-electron chi connectivity index (χ0n) is 17.9. The van der Waals surface area contributed by atoms with Gasteiger partial charge in [0.05, 0.1) is 29.1 Å². The maximum absolute atomic E-state index is 13.0. The molecule has 1 aliphatic heterocycles. The van der Waals surface area contributed by atoms with Crippen molar-refractivity contribution in [3.05, 3.63) is 39.9 Å². The van der Waals surface area contributed by atoms with Crippen LogP contribution in [0.15, 0.2) is 24.3 Å². The first-order valence-corrected chi connectivity index (χ1v) is 10.8. The van der Waals surface area contributed by atoms with Crippen molar-refractivity contribution >= 4 is 23.5 Å². The monoisotopic (exact) mass is 431 g/mol. The predicted molar refractivity (Wildman–Crippen MR) is 112 cm³/mol. The summed E-state index contributed by atoms with van der Waals surface area (Å²) in [6, 6.07) is 5.20. The quantitative estimate of drug-likeness (QED) is 0.384. The molecular weight excluding hydrogens is 402 g/mol. The first-order chi connectivity index (χ1) is 14.8. The van der Waals surface area contributed by atoms with E-state index in [1.807, 2.05) is 4.90 Å². The molecule has 1 saturated carbocycles. The number of carbonyl (C=O) groups is 3. The Morgan fingerprint density at radius 2 is 1.77 bits per heavy atom. The largest absolute Gasteiger partial charge is 0.463 e. The molecule has 9 nitrogen and oxygen atoms in total. The van der Waals surface area contributed by atoms with Crippen molar-refractivity contribution in [3.8, 4) is 0 Å². The lowest BCUT2D eigenvalue weighted by Gasteiger charge is -2.32. The van der Waals surface area contributed by atoms with Crippen LogP contribution in [0.2, 0.25) is 0 Å². The fraction of sp³-hybridized carbons (Fsp3) is 0.591. The van der Waals surface area contributed by atoms with Crippen molar-refractivity contribution in [2.75, 3.05) is 13.1 Å². The Labute approximate surface area is 181 Å². The molecule has 1 heterocycles. The Kier molecular flexibility index (Phi) is 7.25. The number of likely N-dealkylation sites (tertiary alicyclic amines) is 1. The average molecular weight is 431 g/mol. The molecule has 1 saturated heterocycles. The fourth-order valence-electron chi connectivity index (χ4n) is 3.90. The van der Waals surface area contributed by atoms with Gasteiger partial charge in [0.15, 0.2) is 0 Å². The molecule has 1 aromatic carbocycles. The summed E-state index contributed by atoms with van der Waals surface area (Å²) in [7, 11) is 0. The van der Waals surface area contributed by atoms with Gasteiger partial charge in [-0.2, -0.15) is 0 Å². The molecule has 0 aromatic heterocycles. The lowest BCUT2D eigenvalue weighted by Crippen LogP contribution is -2.44. The highest BCUT2D eigenvalue weighted by Gasteiger charge is 2.36. The van der Waals surface area contributed by atoms with Gasteiger partial charge in [-0.25, -0.2) is 0 Å². The highest BCUT2D eigenvalue weighted by molar-refractivity contribution is 5.83. The zero-order chi connectivity index (χ0) is 22.5. The number of para-hydroxylation sites is 1. The summed E-state index contributed by atoms with van der Waals surface area (Å²) < 4.78 is 5.19. The summed E-state index contributed by atoms with van der Waals surface area (Å²) in [6.45, 7) is 4.48. The van der Waals surface area contributed by atoms with Gasteiger partial charge in [0.25, 0.3) is 5.69 Å². The second-order valence-electron chi connectivity index (χ2n) is 8.49. The van der Waals surface area contributed by atoms with Gasteiger partial charge >= 0.3 is 5.97 Å². The van der Waals surface area contributed by atoms with E-state index in [9.17, 15) is 24.5 Å². The van der Waals surface area contributed by atoms with Crippen molar-refractivity contribution in [3.63, 3.8) is 0 Å². The van der Waals surface area contributed by atoms with Crippen LogP contribution in [0.3, 0.4) is 0 Å². The number of esters is 1. The van der Waals surface area contributed by atoms with Crippen LogP contribution in [-0.4, -0.2) is 46.8 Å². The Bertz CT molecular complexity index is 843. The number of hydrogen-bond donors (Lipinski definition) is 1. The molecule has 0 radical (unpaired) electrons. The topological polar surface area (TPSA) is 119 Å². The molecule has 31 heavy (non-hydrogen) atoms. The van der Waals surface area contributed by atoms with Crippen molar-refractivity contribution in [2.24, 2.45) is 11.8 Å². The third-order valence-corrected chi connectivity index (χ3v) is 5.67. The first-order valence-electron chi connectivity index (χ1n) is 10.8. The van der Waals surface area contributed by atoms with Crippen LogP contribution in [-0.2, 0) is 19.1 Å². The Morgan fingerprint density at radius 3 is 2.35 bits per heavy atom. The summed E-state index contributed by atoms with van der Waals surface area (Å²) in [6.07, 6.45) is 2.43. The number of hydrogen-bond acceptors (Lipinski definition) is 6. The minimum atomic E-state index is -0.869. The molecule has 1 unspecified atom stereocenters. The van der Waals surface area contributed by atoms with E-state index in [1.165, 1.54) is 6.07 Å². The third kappa shape index (κ3) is 6.02. The average Bonchev–Trinajstić information content (AvgIpc) is 3.57. The molecule has 9 heteroatoms. The van der Waals surface area contributed by atoms with Gasteiger partial charge in [0, 0.05) is 31.0 Å². The van der Waals surface area contributed by atoms with E-state index in [-0.39, 0.29) is 47.4 Å². The summed E-state index contributed by atoms with van der Waals surface area (Å²) in [5.41, 5.74) is 0.109. The van der Waals surface area contributed by atoms with Crippen LogP contribution in [0.1, 0.15) is 57.6 Å². The van der Waals surface area contributed by atoms with Crippen LogP contribution >= 0.6 is 0 Å². The van der Waals surface area contributed by atoms with E-state index < -0.39 is 16.9 Å². The molecule has 2 aliphatic rings.